The molecule has 0 aliphatic rings. The Labute approximate surface area is 192 Å². The predicted octanol–water partition coefficient (Wildman–Crippen LogP) is 5.05. The fourth-order valence-electron chi connectivity index (χ4n) is 2.69. The molecule has 4 rings (SSSR count). The molecule has 32 heavy (non-hydrogen) atoms. The molecule has 0 saturated carbocycles. The van der Waals surface area contributed by atoms with Gasteiger partial charge in [-0.05, 0) is 42.5 Å². The number of amides is 1. The molecule has 3 aromatic carbocycles. The van der Waals surface area contributed by atoms with Crippen molar-refractivity contribution in [3.63, 3.8) is 0 Å². The number of carbonyl (C=O) groups is 1. The van der Waals surface area contributed by atoms with Gasteiger partial charge in [-0.2, -0.15) is 0 Å². The summed E-state index contributed by atoms with van der Waals surface area (Å²) in [6, 6.07) is 18.4. The third-order valence-electron chi connectivity index (χ3n) is 4.27. The quantitative estimate of drug-likeness (QED) is 0.395. The SMILES string of the molecule is O=C(Nc1nnc(-c2ccccc2)s1)c1ccc(NS(=O)(=O)c2ccc(F)c(Cl)c2)cc1. The molecule has 1 heterocycles. The highest BCUT2D eigenvalue weighted by molar-refractivity contribution is 7.92. The second-order valence-electron chi connectivity index (χ2n) is 6.49. The largest absolute Gasteiger partial charge is 0.296 e. The zero-order valence-corrected chi connectivity index (χ0v) is 18.5. The second kappa shape index (κ2) is 9.03. The first-order chi connectivity index (χ1) is 15.3. The van der Waals surface area contributed by atoms with Crippen molar-refractivity contribution in [3.05, 3.63) is 89.2 Å². The summed E-state index contributed by atoms with van der Waals surface area (Å²) in [6.45, 7) is 0. The normalized spacial score (nSPS) is 11.2. The van der Waals surface area contributed by atoms with E-state index in [0.717, 1.165) is 23.8 Å². The first-order valence-corrected chi connectivity index (χ1v) is 11.8. The number of nitrogens with one attached hydrogen (secondary N) is 2. The van der Waals surface area contributed by atoms with E-state index in [9.17, 15) is 17.6 Å². The van der Waals surface area contributed by atoms with Crippen LogP contribution in [-0.4, -0.2) is 24.5 Å². The van der Waals surface area contributed by atoms with Crippen molar-refractivity contribution >= 4 is 49.7 Å². The summed E-state index contributed by atoms with van der Waals surface area (Å²) >= 11 is 6.90. The van der Waals surface area contributed by atoms with Crippen LogP contribution in [0.25, 0.3) is 10.6 Å². The first kappa shape index (κ1) is 21.9. The lowest BCUT2D eigenvalue weighted by Gasteiger charge is -2.09. The molecule has 0 fully saturated rings. The number of hydrogen-bond donors (Lipinski definition) is 2. The van der Waals surface area contributed by atoms with Crippen molar-refractivity contribution in [2.24, 2.45) is 0 Å². The fourth-order valence-corrected chi connectivity index (χ4v) is 4.76. The van der Waals surface area contributed by atoms with E-state index >= 15 is 0 Å². The topological polar surface area (TPSA) is 101 Å². The van der Waals surface area contributed by atoms with Crippen LogP contribution < -0.4 is 10.0 Å². The van der Waals surface area contributed by atoms with Gasteiger partial charge in [-0.1, -0.05) is 53.3 Å². The summed E-state index contributed by atoms with van der Waals surface area (Å²) in [4.78, 5) is 12.3. The lowest BCUT2D eigenvalue weighted by Crippen LogP contribution is -2.14. The van der Waals surface area contributed by atoms with Gasteiger partial charge in [0.05, 0.1) is 9.92 Å². The predicted molar refractivity (Wildman–Crippen MR) is 122 cm³/mol. The molecule has 1 aromatic heterocycles. The average molecular weight is 489 g/mol. The summed E-state index contributed by atoms with van der Waals surface area (Å²) in [5, 5.41) is 11.4. The van der Waals surface area contributed by atoms with E-state index in [4.69, 9.17) is 11.6 Å². The van der Waals surface area contributed by atoms with Crippen LogP contribution in [0, 0.1) is 5.82 Å². The molecule has 0 saturated heterocycles. The average Bonchev–Trinajstić information content (AvgIpc) is 3.25. The molecule has 0 aliphatic heterocycles. The van der Waals surface area contributed by atoms with Crippen molar-refractivity contribution in [1.29, 1.82) is 0 Å². The molecule has 0 spiro atoms. The van der Waals surface area contributed by atoms with Crippen LogP contribution in [0.1, 0.15) is 10.4 Å². The number of nitrogens with zero attached hydrogens (tertiary/aromatic N) is 2. The second-order valence-corrected chi connectivity index (χ2v) is 9.56. The van der Waals surface area contributed by atoms with Gasteiger partial charge in [-0.3, -0.25) is 14.8 Å². The van der Waals surface area contributed by atoms with Crippen molar-refractivity contribution < 1.29 is 17.6 Å². The van der Waals surface area contributed by atoms with Gasteiger partial charge in [-0.15, -0.1) is 10.2 Å². The van der Waals surface area contributed by atoms with Gasteiger partial charge in [0.15, 0.2) is 0 Å². The Bertz CT molecular complexity index is 1380. The van der Waals surface area contributed by atoms with Gasteiger partial charge < -0.3 is 0 Å². The van der Waals surface area contributed by atoms with Crippen LogP contribution in [-0.2, 0) is 10.0 Å². The van der Waals surface area contributed by atoms with Crippen LogP contribution >= 0.6 is 22.9 Å². The Balaban J connectivity index is 1.44. The number of halogens is 2. The molecule has 4 aromatic rings. The number of anilines is 2. The van der Waals surface area contributed by atoms with Crippen LogP contribution in [0.5, 0.6) is 0 Å². The smallest absolute Gasteiger partial charge is 0.261 e. The van der Waals surface area contributed by atoms with E-state index in [2.05, 4.69) is 20.2 Å². The maximum absolute atomic E-state index is 13.3. The minimum atomic E-state index is -3.98. The summed E-state index contributed by atoms with van der Waals surface area (Å²) < 4.78 is 40.6. The zero-order valence-electron chi connectivity index (χ0n) is 16.1. The molecule has 11 heteroatoms. The van der Waals surface area contributed by atoms with E-state index in [0.29, 0.717) is 15.7 Å². The van der Waals surface area contributed by atoms with E-state index in [-0.39, 0.29) is 15.6 Å². The molecule has 7 nitrogen and oxygen atoms in total. The van der Waals surface area contributed by atoms with Gasteiger partial charge in [0, 0.05) is 16.8 Å². The minimum Gasteiger partial charge on any atom is -0.296 e. The number of hydrogen-bond acceptors (Lipinski definition) is 6. The third-order valence-corrected chi connectivity index (χ3v) is 6.82. The molecular formula is C21H14ClFN4O3S2. The summed E-state index contributed by atoms with van der Waals surface area (Å²) in [6.07, 6.45) is 0. The minimum absolute atomic E-state index is 0.184. The number of benzene rings is 3. The summed E-state index contributed by atoms with van der Waals surface area (Å²) in [5.41, 5.74) is 1.42. The highest BCUT2D eigenvalue weighted by Crippen LogP contribution is 2.26. The maximum Gasteiger partial charge on any atom is 0.261 e. The molecule has 0 bridgehead atoms. The molecule has 2 N–H and O–H groups in total. The summed E-state index contributed by atoms with van der Waals surface area (Å²) in [5.74, 6) is -1.13. The van der Waals surface area contributed by atoms with Gasteiger partial charge >= 0.3 is 0 Å². The molecule has 162 valence electrons. The number of carbonyl (C=O) groups excluding carboxylic acids is 1. The first-order valence-electron chi connectivity index (χ1n) is 9.10. The van der Waals surface area contributed by atoms with Crippen molar-refractivity contribution in [1.82, 2.24) is 10.2 Å². The maximum atomic E-state index is 13.3. The monoisotopic (exact) mass is 488 g/mol. The molecule has 0 unspecified atom stereocenters. The highest BCUT2D eigenvalue weighted by Gasteiger charge is 2.17. The van der Waals surface area contributed by atoms with Gasteiger partial charge in [0.25, 0.3) is 15.9 Å². The van der Waals surface area contributed by atoms with Crippen molar-refractivity contribution in [2.75, 3.05) is 10.0 Å². The fraction of sp³-hybridized carbons (Fsp3) is 0. The zero-order chi connectivity index (χ0) is 22.7. The van der Waals surface area contributed by atoms with Gasteiger partial charge in [-0.25, -0.2) is 12.8 Å². The van der Waals surface area contributed by atoms with Crippen LogP contribution in [0.4, 0.5) is 15.2 Å². The Hall–Kier alpha value is -3.34. The molecule has 0 aliphatic carbocycles. The molecule has 0 radical (unpaired) electrons. The molecular weight excluding hydrogens is 475 g/mol. The third kappa shape index (κ3) is 4.93. The Morgan fingerprint density at radius 2 is 1.69 bits per heavy atom. The van der Waals surface area contributed by atoms with Gasteiger partial charge in [0.1, 0.15) is 10.8 Å². The Morgan fingerprint density at radius 3 is 2.38 bits per heavy atom. The van der Waals surface area contributed by atoms with E-state index in [1.54, 1.807) is 0 Å². The van der Waals surface area contributed by atoms with Gasteiger partial charge in [0.2, 0.25) is 5.13 Å². The number of aromatic nitrogens is 2. The van der Waals surface area contributed by atoms with Crippen LogP contribution in [0.3, 0.4) is 0 Å². The Kier molecular flexibility index (Phi) is 6.17. The van der Waals surface area contributed by atoms with E-state index < -0.39 is 21.7 Å². The molecule has 1 amide bonds. The van der Waals surface area contributed by atoms with E-state index in [1.165, 1.54) is 35.6 Å². The number of rotatable bonds is 6. The lowest BCUT2D eigenvalue weighted by atomic mass is 10.2. The van der Waals surface area contributed by atoms with Crippen LogP contribution in [0.15, 0.2) is 77.7 Å². The Morgan fingerprint density at radius 1 is 0.969 bits per heavy atom. The van der Waals surface area contributed by atoms with Crippen LogP contribution in [0.2, 0.25) is 5.02 Å². The molecule has 0 atom stereocenters. The number of sulfonamides is 1. The van der Waals surface area contributed by atoms with Crippen molar-refractivity contribution in [2.45, 2.75) is 4.90 Å². The standard InChI is InChI=1S/C21H14ClFN4O3S2/c22-17-12-16(10-11-18(17)23)32(29,30)27-15-8-6-13(7-9-15)19(28)24-21-26-25-20(31-21)14-4-2-1-3-5-14/h1-12,27H,(H,24,26,28). The summed E-state index contributed by atoms with van der Waals surface area (Å²) in [7, 11) is -3.98. The highest BCUT2D eigenvalue weighted by atomic mass is 35.5. The van der Waals surface area contributed by atoms with E-state index in [1.807, 2.05) is 30.3 Å². The lowest BCUT2D eigenvalue weighted by molar-refractivity contribution is 0.102. The van der Waals surface area contributed by atoms with Crippen molar-refractivity contribution in [3.8, 4) is 10.6 Å².